The predicted octanol–water partition coefficient (Wildman–Crippen LogP) is 5.02. The number of ether oxygens (including phenoxy) is 1. The van der Waals surface area contributed by atoms with Crippen LogP contribution in [0.5, 0.6) is 0 Å². The summed E-state index contributed by atoms with van der Waals surface area (Å²) in [6.07, 6.45) is 7.90. The average Bonchev–Trinajstić information content (AvgIpc) is 3.06. The smallest absolute Gasteiger partial charge is 0.335 e. The lowest BCUT2D eigenvalue weighted by Gasteiger charge is -2.19. The molecule has 0 fully saturated rings. The lowest BCUT2D eigenvalue weighted by atomic mass is 10.1. The normalized spacial score (nSPS) is 11.7. The Morgan fingerprint density at radius 2 is 1.92 bits per heavy atom. The van der Waals surface area contributed by atoms with Gasteiger partial charge < -0.3 is 14.3 Å². The monoisotopic (exact) mass is 359 g/mol. The van der Waals surface area contributed by atoms with Gasteiger partial charge in [-0.15, -0.1) is 0 Å². The summed E-state index contributed by atoms with van der Waals surface area (Å²) in [6.45, 7) is 5.71. The number of carboxylic acid groups (broad SMARTS) is 1. The van der Waals surface area contributed by atoms with Crippen molar-refractivity contribution in [1.29, 1.82) is 0 Å². The number of carbonyl (C=O) groups is 1. The fourth-order valence-electron chi connectivity index (χ4n) is 2.66. The fourth-order valence-corrected chi connectivity index (χ4v) is 2.66. The first-order valence-electron chi connectivity index (χ1n) is 9.27. The Morgan fingerprint density at radius 1 is 1.19 bits per heavy atom. The number of aliphatic carboxylic acids is 1. The molecule has 142 valence electrons. The molecule has 0 unspecified atom stereocenters. The van der Waals surface area contributed by atoms with Crippen molar-refractivity contribution in [2.45, 2.75) is 64.9 Å². The number of hydrogen-bond acceptors (Lipinski definition) is 4. The number of carboxylic acids is 1. The van der Waals surface area contributed by atoms with Crippen molar-refractivity contribution in [1.82, 2.24) is 4.98 Å². The number of aromatic nitrogens is 1. The van der Waals surface area contributed by atoms with E-state index in [1.807, 2.05) is 12.1 Å². The Bertz CT molecular complexity index is 706. The third kappa shape index (κ3) is 6.30. The highest BCUT2D eigenvalue weighted by Gasteiger charge is 2.27. The van der Waals surface area contributed by atoms with E-state index in [1.54, 1.807) is 20.1 Å². The minimum Gasteiger partial charge on any atom is -0.479 e. The van der Waals surface area contributed by atoms with E-state index in [0.29, 0.717) is 12.5 Å². The Kier molecular flexibility index (Phi) is 7.39. The maximum atomic E-state index is 10.9. The van der Waals surface area contributed by atoms with Crippen LogP contribution in [0.25, 0.3) is 11.5 Å². The van der Waals surface area contributed by atoms with Gasteiger partial charge in [-0.25, -0.2) is 9.78 Å². The van der Waals surface area contributed by atoms with Crippen LogP contribution in [-0.2, 0) is 16.0 Å². The van der Waals surface area contributed by atoms with Crippen LogP contribution in [0.3, 0.4) is 0 Å². The quantitative estimate of drug-likeness (QED) is 0.570. The average molecular weight is 359 g/mol. The molecule has 0 saturated carbocycles. The maximum absolute atomic E-state index is 10.9. The first-order chi connectivity index (χ1) is 12.4. The van der Waals surface area contributed by atoms with Gasteiger partial charge in [-0.2, -0.15) is 0 Å². The predicted molar refractivity (Wildman–Crippen MR) is 101 cm³/mol. The van der Waals surface area contributed by atoms with Gasteiger partial charge in [0.25, 0.3) is 0 Å². The van der Waals surface area contributed by atoms with Crippen molar-refractivity contribution in [3.8, 4) is 11.5 Å². The highest BCUT2D eigenvalue weighted by atomic mass is 16.5. The molecule has 0 aliphatic heterocycles. The molecule has 0 atom stereocenters. The van der Waals surface area contributed by atoms with Crippen molar-refractivity contribution >= 4 is 5.97 Å². The summed E-state index contributed by atoms with van der Waals surface area (Å²) in [5, 5.41) is 8.97. The third-order valence-electron chi connectivity index (χ3n) is 4.37. The molecule has 2 aromatic rings. The summed E-state index contributed by atoms with van der Waals surface area (Å²) >= 11 is 0. The molecule has 0 aliphatic carbocycles. The lowest BCUT2D eigenvalue weighted by Crippen LogP contribution is -2.35. The zero-order valence-corrected chi connectivity index (χ0v) is 16.0. The summed E-state index contributed by atoms with van der Waals surface area (Å²) < 4.78 is 11.0. The van der Waals surface area contributed by atoms with Gasteiger partial charge in [0.1, 0.15) is 6.26 Å². The molecule has 2 rings (SSSR count). The molecular formula is C21H29NO4. The number of oxazole rings is 1. The Labute approximate surface area is 155 Å². The second-order valence-electron chi connectivity index (χ2n) is 7.20. The van der Waals surface area contributed by atoms with Gasteiger partial charge >= 0.3 is 5.97 Å². The van der Waals surface area contributed by atoms with Crippen LogP contribution in [0.1, 0.15) is 57.2 Å². The van der Waals surface area contributed by atoms with Gasteiger partial charge in [0.2, 0.25) is 5.89 Å². The van der Waals surface area contributed by atoms with E-state index >= 15 is 0 Å². The van der Waals surface area contributed by atoms with Crippen molar-refractivity contribution in [3.63, 3.8) is 0 Å². The molecule has 0 saturated heterocycles. The molecule has 0 bridgehead atoms. The van der Waals surface area contributed by atoms with Crippen molar-refractivity contribution < 1.29 is 19.1 Å². The lowest BCUT2D eigenvalue weighted by molar-refractivity contribution is -0.161. The van der Waals surface area contributed by atoms with Crippen LogP contribution in [0.4, 0.5) is 0 Å². The summed E-state index contributed by atoms with van der Waals surface area (Å²) in [6, 6.07) is 8.15. The van der Waals surface area contributed by atoms with E-state index in [1.165, 1.54) is 5.56 Å². The molecule has 5 heteroatoms. The first kappa shape index (κ1) is 20.2. The van der Waals surface area contributed by atoms with Crippen LogP contribution >= 0.6 is 0 Å². The van der Waals surface area contributed by atoms with E-state index in [-0.39, 0.29) is 0 Å². The van der Waals surface area contributed by atoms with Crippen LogP contribution in [0, 0.1) is 6.92 Å². The Balaban J connectivity index is 1.60. The number of hydrogen-bond donors (Lipinski definition) is 1. The maximum Gasteiger partial charge on any atom is 0.335 e. The minimum absolute atomic E-state index is 0.489. The van der Waals surface area contributed by atoms with Crippen LogP contribution in [0.2, 0.25) is 0 Å². The van der Waals surface area contributed by atoms with E-state index in [4.69, 9.17) is 14.3 Å². The Morgan fingerprint density at radius 3 is 2.65 bits per heavy atom. The topological polar surface area (TPSA) is 72.6 Å². The molecule has 0 aliphatic rings. The fraction of sp³-hybridized carbons (Fsp3) is 0.524. The number of aryl methyl sites for hydroxylation is 2. The van der Waals surface area contributed by atoms with E-state index in [0.717, 1.165) is 49.8 Å². The van der Waals surface area contributed by atoms with Crippen molar-refractivity contribution in [2.75, 3.05) is 6.61 Å². The molecule has 0 radical (unpaired) electrons. The van der Waals surface area contributed by atoms with Gasteiger partial charge in [-0.1, -0.05) is 37.0 Å². The summed E-state index contributed by atoms with van der Waals surface area (Å²) in [7, 11) is 0. The summed E-state index contributed by atoms with van der Waals surface area (Å²) in [4.78, 5) is 15.5. The van der Waals surface area contributed by atoms with Crippen molar-refractivity contribution in [3.05, 3.63) is 41.8 Å². The SMILES string of the molecule is Cc1cccc(-c2nc(CCCCCCCOC(C)(C)C(=O)O)co2)c1. The first-order valence-corrected chi connectivity index (χ1v) is 9.27. The van der Waals surface area contributed by atoms with Gasteiger partial charge in [0.05, 0.1) is 5.69 Å². The van der Waals surface area contributed by atoms with Crippen LogP contribution in [-0.4, -0.2) is 28.3 Å². The summed E-state index contributed by atoms with van der Waals surface area (Å²) in [5.41, 5.74) is 2.11. The molecule has 0 amide bonds. The molecule has 1 aromatic carbocycles. The van der Waals surface area contributed by atoms with Gasteiger partial charge in [0.15, 0.2) is 5.60 Å². The minimum atomic E-state index is -1.10. The number of benzene rings is 1. The van der Waals surface area contributed by atoms with E-state index in [2.05, 4.69) is 24.0 Å². The van der Waals surface area contributed by atoms with Gasteiger partial charge in [-0.3, -0.25) is 0 Å². The molecule has 0 spiro atoms. The molecule has 1 N–H and O–H groups in total. The zero-order chi connectivity index (χ0) is 19.0. The number of unbranched alkanes of at least 4 members (excludes halogenated alkanes) is 4. The molecule has 1 aromatic heterocycles. The largest absolute Gasteiger partial charge is 0.479 e. The number of nitrogens with zero attached hydrogens (tertiary/aromatic N) is 1. The Hall–Kier alpha value is -2.14. The van der Waals surface area contributed by atoms with Crippen LogP contribution < -0.4 is 0 Å². The highest BCUT2D eigenvalue weighted by Crippen LogP contribution is 2.20. The second kappa shape index (κ2) is 9.53. The van der Waals surface area contributed by atoms with E-state index < -0.39 is 11.6 Å². The zero-order valence-electron chi connectivity index (χ0n) is 16.0. The molecule has 5 nitrogen and oxygen atoms in total. The highest BCUT2D eigenvalue weighted by molar-refractivity contribution is 5.76. The third-order valence-corrected chi connectivity index (χ3v) is 4.37. The second-order valence-corrected chi connectivity index (χ2v) is 7.20. The van der Waals surface area contributed by atoms with Gasteiger partial charge in [-0.05, 0) is 52.2 Å². The summed E-state index contributed by atoms with van der Waals surface area (Å²) in [5.74, 6) is -0.239. The van der Waals surface area contributed by atoms with Gasteiger partial charge in [0, 0.05) is 12.2 Å². The van der Waals surface area contributed by atoms with Crippen molar-refractivity contribution in [2.24, 2.45) is 0 Å². The van der Waals surface area contributed by atoms with E-state index in [9.17, 15) is 4.79 Å². The standard InChI is InChI=1S/C21H29NO4/c1-16-10-9-11-17(14-16)19-22-18(15-25-19)12-7-5-4-6-8-13-26-21(2,3)20(23)24/h9-11,14-15H,4-8,12-13H2,1-3H3,(H,23,24). The number of rotatable bonds is 11. The molecular weight excluding hydrogens is 330 g/mol. The van der Waals surface area contributed by atoms with Crippen LogP contribution in [0.15, 0.2) is 34.9 Å². The molecule has 1 heterocycles. The molecule has 26 heavy (non-hydrogen) atoms.